The van der Waals surface area contributed by atoms with E-state index in [2.05, 4.69) is 48.3 Å². The Bertz CT molecular complexity index is 1360. The van der Waals surface area contributed by atoms with Crippen molar-refractivity contribution in [3.63, 3.8) is 0 Å². The third-order valence-electron chi connectivity index (χ3n) is 8.18. The Hall–Kier alpha value is -4.17. The van der Waals surface area contributed by atoms with Crippen LogP contribution in [-0.2, 0) is 20.9 Å². The summed E-state index contributed by atoms with van der Waals surface area (Å²) in [4.78, 5) is 42.1. The lowest BCUT2D eigenvalue weighted by Gasteiger charge is -2.47. The Kier molecular flexibility index (Phi) is 8.40. The highest BCUT2D eigenvalue weighted by Gasteiger charge is 2.38. The van der Waals surface area contributed by atoms with Crippen molar-refractivity contribution in [2.45, 2.75) is 50.7 Å². The molecule has 214 valence electrons. The predicted molar refractivity (Wildman–Crippen MR) is 156 cm³/mol. The number of nitrogens with zero attached hydrogens (tertiary/aromatic N) is 2. The molecule has 1 atom stereocenters. The Balaban J connectivity index is 1.23. The maximum Gasteiger partial charge on any atom is 0.407 e. The summed E-state index contributed by atoms with van der Waals surface area (Å²) in [5.41, 5.74) is 5.34. The molecule has 41 heavy (non-hydrogen) atoms. The van der Waals surface area contributed by atoms with E-state index in [4.69, 9.17) is 4.74 Å². The molecular weight excluding hydrogens is 518 g/mol. The van der Waals surface area contributed by atoms with Gasteiger partial charge in [0.05, 0.1) is 0 Å². The van der Waals surface area contributed by atoms with Crippen LogP contribution >= 0.6 is 0 Å². The van der Waals surface area contributed by atoms with Crippen molar-refractivity contribution >= 4 is 18.0 Å². The van der Waals surface area contributed by atoms with E-state index < -0.39 is 18.1 Å². The third kappa shape index (κ3) is 6.43. The van der Waals surface area contributed by atoms with Gasteiger partial charge in [-0.05, 0) is 48.1 Å². The average Bonchev–Trinajstić information content (AvgIpc) is 3.28. The smallest absolute Gasteiger partial charge is 0.407 e. The Morgan fingerprint density at radius 1 is 0.927 bits per heavy atom. The minimum Gasteiger partial charge on any atom is -0.481 e. The number of nitrogens with one attached hydrogen (secondary N) is 1. The maximum absolute atomic E-state index is 13.6. The minimum atomic E-state index is -1.02. The number of ether oxygens (including phenoxy) is 1. The van der Waals surface area contributed by atoms with Crippen molar-refractivity contribution in [2.24, 2.45) is 0 Å². The first-order valence-electron chi connectivity index (χ1n) is 14.1. The maximum atomic E-state index is 13.6. The van der Waals surface area contributed by atoms with E-state index in [1.54, 1.807) is 4.90 Å². The first-order valence-corrected chi connectivity index (χ1v) is 14.1. The van der Waals surface area contributed by atoms with Crippen LogP contribution in [0.15, 0.2) is 78.9 Å². The van der Waals surface area contributed by atoms with Crippen LogP contribution in [0.4, 0.5) is 4.79 Å². The lowest BCUT2D eigenvalue weighted by atomic mass is 9.96. The van der Waals surface area contributed by atoms with Crippen LogP contribution in [0.3, 0.4) is 0 Å². The average molecular weight is 556 g/mol. The van der Waals surface area contributed by atoms with E-state index in [0.717, 1.165) is 28.8 Å². The number of carbonyl (C=O) groups excluding carboxylic acids is 2. The van der Waals surface area contributed by atoms with Crippen molar-refractivity contribution in [1.29, 1.82) is 0 Å². The van der Waals surface area contributed by atoms with Crippen LogP contribution < -0.4 is 5.32 Å². The quantitative estimate of drug-likeness (QED) is 0.391. The molecule has 2 aliphatic rings. The number of amides is 2. The highest BCUT2D eigenvalue weighted by molar-refractivity contribution is 5.86. The first kappa shape index (κ1) is 28.4. The molecule has 8 nitrogen and oxygen atoms in total. The summed E-state index contributed by atoms with van der Waals surface area (Å²) < 4.78 is 5.66. The molecule has 1 aliphatic heterocycles. The molecule has 3 aromatic carbocycles. The van der Waals surface area contributed by atoms with Gasteiger partial charge in [-0.25, -0.2) is 4.79 Å². The summed E-state index contributed by atoms with van der Waals surface area (Å²) in [6.45, 7) is 6.71. The van der Waals surface area contributed by atoms with Gasteiger partial charge in [0.2, 0.25) is 5.91 Å². The summed E-state index contributed by atoms with van der Waals surface area (Å²) in [5.74, 6) is -1.42. The van der Waals surface area contributed by atoms with Crippen molar-refractivity contribution < 1.29 is 24.2 Å². The zero-order valence-electron chi connectivity index (χ0n) is 23.6. The van der Waals surface area contributed by atoms with Crippen molar-refractivity contribution in [2.75, 3.05) is 26.2 Å². The van der Waals surface area contributed by atoms with Crippen molar-refractivity contribution in [3.8, 4) is 11.1 Å². The largest absolute Gasteiger partial charge is 0.481 e. The SMILES string of the molecule is CC1(C)CN(C(=O)C(CCC(=O)O)NC(=O)OCC2c3ccccc3-c3ccccc32)CCN1Cc1ccccc1. The molecule has 3 aromatic rings. The summed E-state index contributed by atoms with van der Waals surface area (Å²) >= 11 is 0. The van der Waals surface area contributed by atoms with Gasteiger partial charge in [0.25, 0.3) is 0 Å². The van der Waals surface area contributed by atoms with E-state index in [1.807, 2.05) is 54.6 Å². The summed E-state index contributed by atoms with van der Waals surface area (Å²) in [7, 11) is 0. The van der Waals surface area contributed by atoms with Gasteiger partial charge in [0, 0.05) is 44.1 Å². The third-order valence-corrected chi connectivity index (χ3v) is 8.18. The molecule has 1 fully saturated rings. The molecule has 0 radical (unpaired) electrons. The van der Waals surface area contributed by atoms with E-state index in [1.165, 1.54) is 5.56 Å². The fourth-order valence-corrected chi connectivity index (χ4v) is 6.00. The number of rotatable bonds is 9. The van der Waals surface area contributed by atoms with Gasteiger partial charge in [0.1, 0.15) is 12.6 Å². The van der Waals surface area contributed by atoms with Crippen LogP contribution in [0.5, 0.6) is 0 Å². The fourth-order valence-electron chi connectivity index (χ4n) is 6.00. The molecule has 0 aromatic heterocycles. The number of alkyl carbamates (subject to hydrolysis) is 1. The molecule has 1 heterocycles. The van der Waals surface area contributed by atoms with Gasteiger partial charge in [0.15, 0.2) is 0 Å². The molecule has 0 saturated carbocycles. The van der Waals surface area contributed by atoms with Gasteiger partial charge >= 0.3 is 12.1 Å². The molecule has 2 N–H and O–H groups in total. The van der Waals surface area contributed by atoms with Gasteiger partial charge in [-0.3, -0.25) is 14.5 Å². The van der Waals surface area contributed by atoms with Gasteiger partial charge in [-0.15, -0.1) is 0 Å². The zero-order valence-corrected chi connectivity index (χ0v) is 23.6. The van der Waals surface area contributed by atoms with Crippen LogP contribution in [0.1, 0.15) is 49.3 Å². The zero-order chi connectivity index (χ0) is 29.0. The summed E-state index contributed by atoms with van der Waals surface area (Å²) in [5, 5.41) is 12.0. The Morgan fingerprint density at radius 2 is 1.54 bits per heavy atom. The molecule has 1 unspecified atom stereocenters. The molecule has 0 spiro atoms. The number of hydrogen-bond acceptors (Lipinski definition) is 5. The summed E-state index contributed by atoms with van der Waals surface area (Å²) in [6, 6.07) is 25.4. The molecule has 8 heteroatoms. The van der Waals surface area contributed by atoms with Crippen LogP contribution in [0.2, 0.25) is 0 Å². The number of carbonyl (C=O) groups is 3. The molecule has 1 aliphatic carbocycles. The van der Waals surface area contributed by atoms with Crippen molar-refractivity contribution in [1.82, 2.24) is 15.1 Å². The van der Waals surface area contributed by atoms with Gasteiger partial charge in [-0.1, -0.05) is 78.9 Å². The van der Waals surface area contributed by atoms with Crippen molar-refractivity contribution in [3.05, 3.63) is 95.6 Å². The second-order valence-electron chi connectivity index (χ2n) is 11.4. The summed E-state index contributed by atoms with van der Waals surface area (Å²) in [6.07, 6.45) is -0.974. The lowest BCUT2D eigenvalue weighted by Crippen LogP contribution is -2.62. The number of carboxylic acid groups (broad SMARTS) is 1. The number of fused-ring (bicyclic) bond motifs is 3. The molecule has 1 saturated heterocycles. The first-order chi connectivity index (χ1) is 19.7. The number of piperazine rings is 1. The molecule has 2 amide bonds. The number of benzene rings is 3. The number of hydrogen-bond donors (Lipinski definition) is 2. The topological polar surface area (TPSA) is 99.2 Å². The van der Waals surface area contributed by atoms with Gasteiger partial charge in [-0.2, -0.15) is 0 Å². The highest BCUT2D eigenvalue weighted by Crippen LogP contribution is 2.44. The highest BCUT2D eigenvalue weighted by atomic mass is 16.5. The molecular formula is C33H37N3O5. The fraction of sp³-hybridized carbons (Fsp3) is 0.364. The second-order valence-corrected chi connectivity index (χ2v) is 11.4. The molecule has 5 rings (SSSR count). The van der Waals surface area contributed by atoms with Gasteiger partial charge < -0.3 is 20.1 Å². The predicted octanol–water partition coefficient (Wildman–Crippen LogP) is 4.88. The standard InChI is InChI=1S/C33H37N3O5/c1-33(2)22-35(18-19-36(33)20-23-10-4-3-5-11-23)31(39)29(16-17-30(37)38)34-32(40)41-21-28-26-14-8-6-12-24(26)25-13-7-9-15-27(25)28/h3-15,28-29H,16-22H2,1-2H3,(H,34,40)(H,37,38). The van der Waals surface area contributed by atoms with Crippen LogP contribution in [-0.4, -0.2) is 70.7 Å². The van der Waals surface area contributed by atoms with Crippen LogP contribution in [0, 0.1) is 0 Å². The normalized spacial score (nSPS) is 16.9. The number of carboxylic acids is 1. The van der Waals surface area contributed by atoms with E-state index in [-0.39, 0.29) is 36.8 Å². The second kappa shape index (κ2) is 12.1. The van der Waals surface area contributed by atoms with E-state index in [9.17, 15) is 19.5 Å². The van der Waals surface area contributed by atoms with E-state index >= 15 is 0 Å². The minimum absolute atomic E-state index is 0.0109. The monoisotopic (exact) mass is 555 g/mol. The lowest BCUT2D eigenvalue weighted by molar-refractivity contribution is -0.140. The number of aliphatic carboxylic acids is 1. The van der Waals surface area contributed by atoms with E-state index in [0.29, 0.717) is 19.6 Å². The molecule has 0 bridgehead atoms. The Morgan fingerprint density at radius 3 is 2.15 bits per heavy atom. The Labute approximate surface area is 240 Å². The van der Waals surface area contributed by atoms with Crippen LogP contribution in [0.25, 0.3) is 11.1 Å².